The number of rotatable bonds is 2. The van der Waals surface area contributed by atoms with Crippen LogP contribution in [0.1, 0.15) is 41.6 Å². The predicted octanol–water partition coefficient (Wildman–Crippen LogP) is 2.34. The van der Waals surface area contributed by atoms with Gasteiger partial charge in [-0.25, -0.2) is 0 Å². The number of anilines is 1. The Labute approximate surface area is 146 Å². The van der Waals surface area contributed by atoms with Crippen molar-refractivity contribution >= 4 is 17.5 Å². The van der Waals surface area contributed by atoms with E-state index in [1.54, 1.807) is 11.8 Å². The summed E-state index contributed by atoms with van der Waals surface area (Å²) in [7, 11) is 0. The van der Waals surface area contributed by atoms with Gasteiger partial charge in [0.15, 0.2) is 5.82 Å². The van der Waals surface area contributed by atoms with Crippen LogP contribution in [0.2, 0.25) is 0 Å². The summed E-state index contributed by atoms with van der Waals surface area (Å²) in [4.78, 5) is 30.7. The van der Waals surface area contributed by atoms with E-state index in [1.165, 1.54) is 0 Å². The SMILES string of the molecule is Cc1ccc(C)c(NC(=O)C(=O)N2CCC[C@@H](c3nc(C)no3)C2)c1. The highest BCUT2D eigenvalue weighted by molar-refractivity contribution is 6.39. The van der Waals surface area contributed by atoms with Gasteiger partial charge in [-0.15, -0.1) is 0 Å². The van der Waals surface area contributed by atoms with Crippen LogP contribution in [0.3, 0.4) is 0 Å². The van der Waals surface area contributed by atoms with Crippen LogP contribution in [0.15, 0.2) is 22.7 Å². The molecule has 2 heterocycles. The molecule has 1 aliphatic heterocycles. The van der Waals surface area contributed by atoms with E-state index in [-0.39, 0.29) is 5.92 Å². The molecule has 0 spiro atoms. The summed E-state index contributed by atoms with van der Waals surface area (Å²) in [6, 6.07) is 5.75. The van der Waals surface area contributed by atoms with Crippen molar-refractivity contribution in [1.82, 2.24) is 15.0 Å². The summed E-state index contributed by atoms with van der Waals surface area (Å²) in [6.07, 6.45) is 1.67. The first kappa shape index (κ1) is 17.1. The maximum Gasteiger partial charge on any atom is 0.313 e. The van der Waals surface area contributed by atoms with Gasteiger partial charge in [-0.2, -0.15) is 4.98 Å². The lowest BCUT2D eigenvalue weighted by Gasteiger charge is -2.30. The Morgan fingerprint density at radius 2 is 2.08 bits per heavy atom. The van der Waals surface area contributed by atoms with Gasteiger partial charge in [-0.1, -0.05) is 17.3 Å². The second-order valence-corrected chi connectivity index (χ2v) is 6.54. The lowest BCUT2D eigenvalue weighted by molar-refractivity contribution is -0.144. The standard InChI is InChI=1S/C18H22N4O3/c1-11-6-7-12(2)15(9-11)20-16(23)18(24)22-8-4-5-14(10-22)17-19-13(3)21-25-17/h6-7,9,14H,4-5,8,10H2,1-3H3,(H,20,23)/t14-/m1/s1. The molecule has 25 heavy (non-hydrogen) atoms. The van der Waals surface area contributed by atoms with Crippen LogP contribution in [0.5, 0.6) is 0 Å². The average Bonchev–Trinajstić information content (AvgIpc) is 3.04. The zero-order chi connectivity index (χ0) is 18.0. The van der Waals surface area contributed by atoms with Gasteiger partial charge in [-0.3, -0.25) is 9.59 Å². The van der Waals surface area contributed by atoms with Gasteiger partial charge in [0.1, 0.15) is 0 Å². The molecule has 2 amide bonds. The van der Waals surface area contributed by atoms with E-state index >= 15 is 0 Å². The molecule has 2 aromatic rings. The average molecular weight is 342 g/mol. The molecule has 1 N–H and O–H groups in total. The summed E-state index contributed by atoms with van der Waals surface area (Å²) < 4.78 is 5.22. The van der Waals surface area contributed by atoms with Crippen LogP contribution in [0, 0.1) is 20.8 Å². The topological polar surface area (TPSA) is 88.3 Å². The maximum absolute atomic E-state index is 12.5. The van der Waals surface area contributed by atoms with Gasteiger partial charge < -0.3 is 14.7 Å². The van der Waals surface area contributed by atoms with E-state index in [0.717, 1.165) is 24.0 Å². The molecule has 0 bridgehead atoms. The molecule has 0 aliphatic carbocycles. The van der Waals surface area contributed by atoms with Crippen molar-refractivity contribution in [1.29, 1.82) is 0 Å². The number of hydrogen-bond acceptors (Lipinski definition) is 5. The molecule has 1 saturated heterocycles. The third kappa shape index (κ3) is 3.87. The van der Waals surface area contributed by atoms with Crippen LogP contribution < -0.4 is 5.32 Å². The Balaban J connectivity index is 1.67. The third-order valence-corrected chi connectivity index (χ3v) is 4.44. The number of aryl methyl sites for hydroxylation is 3. The number of hydrogen-bond donors (Lipinski definition) is 1. The fourth-order valence-corrected chi connectivity index (χ4v) is 3.03. The van der Waals surface area contributed by atoms with Crippen LogP contribution >= 0.6 is 0 Å². The number of piperidine rings is 1. The third-order valence-electron chi connectivity index (χ3n) is 4.44. The molecule has 1 atom stereocenters. The molecular formula is C18H22N4O3. The van der Waals surface area contributed by atoms with E-state index in [0.29, 0.717) is 30.5 Å². The number of benzene rings is 1. The van der Waals surface area contributed by atoms with Crippen molar-refractivity contribution in [3.05, 3.63) is 41.0 Å². The van der Waals surface area contributed by atoms with Crippen LogP contribution in [0.25, 0.3) is 0 Å². The molecule has 7 heteroatoms. The van der Waals surface area contributed by atoms with Crippen molar-refractivity contribution < 1.29 is 14.1 Å². The second-order valence-electron chi connectivity index (χ2n) is 6.54. The quantitative estimate of drug-likeness (QED) is 0.846. The minimum Gasteiger partial charge on any atom is -0.339 e. The van der Waals surface area contributed by atoms with Crippen LogP contribution in [0.4, 0.5) is 5.69 Å². The number of nitrogens with one attached hydrogen (secondary N) is 1. The highest BCUT2D eigenvalue weighted by Crippen LogP contribution is 2.26. The first-order chi connectivity index (χ1) is 11.9. The molecule has 0 unspecified atom stereocenters. The van der Waals surface area contributed by atoms with E-state index < -0.39 is 11.8 Å². The van der Waals surface area contributed by atoms with E-state index in [1.807, 2.05) is 32.0 Å². The minimum atomic E-state index is -0.615. The summed E-state index contributed by atoms with van der Waals surface area (Å²) in [5.41, 5.74) is 2.61. The summed E-state index contributed by atoms with van der Waals surface area (Å²) >= 11 is 0. The molecule has 1 aromatic heterocycles. The molecule has 1 aromatic carbocycles. The first-order valence-electron chi connectivity index (χ1n) is 8.42. The van der Waals surface area contributed by atoms with Crippen molar-refractivity contribution in [2.24, 2.45) is 0 Å². The Morgan fingerprint density at radius 3 is 2.80 bits per heavy atom. The van der Waals surface area contributed by atoms with E-state index in [2.05, 4.69) is 15.5 Å². The number of likely N-dealkylation sites (tertiary alicyclic amines) is 1. The molecule has 1 aliphatic rings. The molecule has 1 fully saturated rings. The summed E-state index contributed by atoms with van der Waals surface area (Å²) in [6.45, 7) is 6.58. The van der Waals surface area contributed by atoms with Crippen molar-refractivity contribution in [2.45, 2.75) is 39.5 Å². The summed E-state index contributed by atoms with van der Waals surface area (Å²) in [5, 5.41) is 6.53. The van der Waals surface area contributed by atoms with Gasteiger partial charge in [0.2, 0.25) is 5.89 Å². The van der Waals surface area contributed by atoms with E-state index in [4.69, 9.17) is 4.52 Å². The Kier molecular flexibility index (Phi) is 4.83. The maximum atomic E-state index is 12.5. The normalized spacial score (nSPS) is 17.4. The van der Waals surface area contributed by atoms with Crippen molar-refractivity contribution in [3.63, 3.8) is 0 Å². The Bertz CT molecular complexity index is 799. The molecular weight excluding hydrogens is 320 g/mol. The van der Waals surface area contributed by atoms with Crippen molar-refractivity contribution in [3.8, 4) is 0 Å². The van der Waals surface area contributed by atoms with Crippen LogP contribution in [-0.2, 0) is 9.59 Å². The molecule has 0 saturated carbocycles. The molecule has 0 radical (unpaired) electrons. The van der Waals surface area contributed by atoms with E-state index in [9.17, 15) is 9.59 Å². The second kappa shape index (κ2) is 7.04. The number of carbonyl (C=O) groups excluding carboxylic acids is 2. The van der Waals surface area contributed by atoms with Crippen LogP contribution in [-0.4, -0.2) is 39.9 Å². The lowest BCUT2D eigenvalue weighted by atomic mass is 9.98. The summed E-state index contributed by atoms with van der Waals surface area (Å²) in [5.74, 6) is -0.0543. The highest BCUT2D eigenvalue weighted by atomic mass is 16.5. The van der Waals surface area contributed by atoms with Crippen molar-refractivity contribution in [2.75, 3.05) is 18.4 Å². The number of carbonyl (C=O) groups is 2. The van der Waals surface area contributed by atoms with Gasteiger partial charge >= 0.3 is 11.8 Å². The number of nitrogens with zero attached hydrogens (tertiary/aromatic N) is 3. The highest BCUT2D eigenvalue weighted by Gasteiger charge is 2.31. The number of aromatic nitrogens is 2. The minimum absolute atomic E-state index is 0.0209. The Morgan fingerprint density at radius 1 is 1.28 bits per heavy atom. The monoisotopic (exact) mass is 342 g/mol. The smallest absolute Gasteiger partial charge is 0.313 e. The van der Waals surface area contributed by atoms with Gasteiger partial charge in [-0.05, 0) is 50.8 Å². The fourth-order valence-electron chi connectivity index (χ4n) is 3.03. The zero-order valence-electron chi connectivity index (χ0n) is 14.7. The Hall–Kier alpha value is -2.70. The fraction of sp³-hybridized carbons (Fsp3) is 0.444. The number of amides is 2. The van der Waals surface area contributed by atoms with Gasteiger partial charge in [0, 0.05) is 18.8 Å². The largest absolute Gasteiger partial charge is 0.339 e. The van der Waals surface area contributed by atoms with Gasteiger partial charge in [0.05, 0.1) is 5.92 Å². The predicted molar refractivity (Wildman–Crippen MR) is 92.1 cm³/mol. The zero-order valence-corrected chi connectivity index (χ0v) is 14.7. The molecule has 7 nitrogen and oxygen atoms in total. The lowest BCUT2D eigenvalue weighted by Crippen LogP contribution is -2.44. The first-order valence-corrected chi connectivity index (χ1v) is 8.42. The molecule has 3 rings (SSSR count). The van der Waals surface area contributed by atoms with Gasteiger partial charge in [0.25, 0.3) is 0 Å². The molecule has 132 valence electrons.